The number of rotatable bonds is 3. The molecule has 3 nitrogen and oxygen atoms in total. The van der Waals surface area contributed by atoms with Crippen LogP contribution in [0.2, 0.25) is 0 Å². The van der Waals surface area contributed by atoms with Gasteiger partial charge in [0.1, 0.15) is 6.10 Å². The molecule has 1 atom stereocenters. The van der Waals surface area contributed by atoms with Gasteiger partial charge in [0.2, 0.25) is 0 Å². The largest absolute Gasteiger partial charge is 0.396 e. The molecule has 0 radical (unpaired) electrons. The van der Waals surface area contributed by atoms with Crippen molar-refractivity contribution in [2.24, 2.45) is 5.41 Å². The smallest absolute Gasteiger partial charge is 0.101 e. The van der Waals surface area contributed by atoms with Crippen LogP contribution in [0.15, 0.2) is 18.3 Å². The Morgan fingerprint density at radius 2 is 2.07 bits per heavy atom. The maximum atomic E-state index is 10.0. The van der Waals surface area contributed by atoms with Crippen LogP contribution in [0.25, 0.3) is 0 Å². The van der Waals surface area contributed by atoms with Crippen LogP contribution in [0.4, 0.5) is 0 Å². The highest BCUT2D eigenvalue weighted by atomic mass is 16.3. The zero-order chi connectivity index (χ0) is 11.5. The highest BCUT2D eigenvalue weighted by Crippen LogP contribution is 2.31. The van der Waals surface area contributed by atoms with Crippen molar-refractivity contribution in [1.29, 1.82) is 0 Å². The van der Waals surface area contributed by atoms with Crippen molar-refractivity contribution in [2.75, 3.05) is 6.61 Å². The van der Waals surface area contributed by atoms with Crippen LogP contribution in [-0.4, -0.2) is 21.8 Å². The molecule has 1 heterocycles. The molecule has 1 aromatic heterocycles. The van der Waals surface area contributed by atoms with Crippen molar-refractivity contribution < 1.29 is 10.2 Å². The fourth-order valence-electron chi connectivity index (χ4n) is 1.37. The van der Waals surface area contributed by atoms with E-state index in [1.807, 2.05) is 32.9 Å². The van der Waals surface area contributed by atoms with Gasteiger partial charge in [0.05, 0.1) is 5.69 Å². The highest BCUT2D eigenvalue weighted by Gasteiger charge is 2.24. The Bertz CT molecular complexity index is 318. The minimum Gasteiger partial charge on any atom is -0.396 e. The number of nitrogens with zero attached hydrogens (tertiary/aromatic N) is 1. The van der Waals surface area contributed by atoms with Crippen molar-refractivity contribution >= 4 is 0 Å². The summed E-state index contributed by atoms with van der Waals surface area (Å²) in [5, 5.41) is 18.9. The second kappa shape index (κ2) is 4.73. The first-order valence-electron chi connectivity index (χ1n) is 5.19. The van der Waals surface area contributed by atoms with Gasteiger partial charge in [0.25, 0.3) is 0 Å². The monoisotopic (exact) mass is 209 g/mol. The predicted molar refractivity (Wildman–Crippen MR) is 59.4 cm³/mol. The van der Waals surface area contributed by atoms with Crippen LogP contribution in [0, 0.1) is 5.41 Å². The van der Waals surface area contributed by atoms with E-state index >= 15 is 0 Å². The van der Waals surface area contributed by atoms with E-state index in [0.29, 0.717) is 12.1 Å². The molecule has 0 aliphatic rings. The number of hydrogen-bond acceptors (Lipinski definition) is 3. The van der Waals surface area contributed by atoms with Gasteiger partial charge in [-0.15, -0.1) is 0 Å². The van der Waals surface area contributed by atoms with E-state index in [1.54, 1.807) is 6.20 Å². The van der Waals surface area contributed by atoms with Gasteiger partial charge in [-0.25, -0.2) is 0 Å². The second-order valence-electron chi connectivity index (χ2n) is 4.83. The molecule has 0 aromatic carbocycles. The normalized spacial score (nSPS) is 13.9. The topological polar surface area (TPSA) is 53.4 Å². The average molecular weight is 209 g/mol. The Balaban J connectivity index is 2.90. The first kappa shape index (κ1) is 12.1. The zero-order valence-electron chi connectivity index (χ0n) is 9.57. The van der Waals surface area contributed by atoms with Crippen LogP contribution < -0.4 is 0 Å². The Labute approximate surface area is 90.8 Å². The quantitative estimate of drug-likeness (QED) is 0.796. The molecule has 0 aliphatic heterocycles. The van der Waals surface area contributed by atoms with Gasteiger partial charge in [0.15, 0.2) is 0 Å². The van der Waals surface area contributed by atoms with E-state index in [0.717, 1.165) is 5.56 Å². The molecule has 84 valence electrons. The highest BCUT2D eigenvalue weighted by molar-refractivity contribution is 5.19. The third kappa shape index (κ3) is 3.29. The van der Waals surface area contributed by atoms with Gasteiger partial charge in [-0.1, -0.05) is 20.8 Å². The SMILES string of the molecule is CC(C)(C)[C@H](O)c1cc(CCO)ccn1. The number of hydrogen-bond donors (Lipinski definition) is 2. The number of aromatic nitrogens is 1. The number of aliphatic hydroxyl groups is 2. The van der Waals surface area contributed by atoms with Gasteiger partial charge < -0.3 is 10.2 Å². The second-order valence-corrected chi connectivity index (χ2v) is 4.83. The molecule has 1 aromatic rings. The maximum Gasteiger partial charge on any atom is 0.101 e. The van der Waals surface area contributed by atoms with Crippen LogP contribution in [0.5, 0.6) is 0 Å². The minimum absolute atomic E-state index is 0.120. The third-order valence-electron chi connectivity index (χ3n) is 2.35. The van der Waals surface area contributed by atoms with Gasteiger partial charge in [-0.3, -0.25) is 4.98 Å². The van der Waals surface area contributed by atoms with Crippen LogP contribution in [-0.2, 0) is 6.42 Å². The summed E-state index contributed by atoms with van der Waals surface area (Å²) >= 11 is 0. The van der Waals surface area contributed by atoms with E-state index in [9.17, 15) is 5.11 Å². The summed E-state index contributed by atoms with van der Waals surface area (Å²) in [5.41, 5.74) is 1.46. The Morgan fingerprint density at radius 1 is 1.40 bits per heavy atom. The molecular weight excluding hydrogens is 190 g/mol. The van der Waals surface area contributed by atoms with Crippen molar-refractivity contribution in [3.63, 3.8) is 0 Å². The molecule has 0 saturated carbocycles. The molecule has 15 heavy (non-hydrogen) atoms. The Hall–Kier alpha value is -0.930. The fraction of sp³-hybridized carbons (Fsp3) is 0.583. The summed E-state index contributed by atoms with van der Waals surface area (Å²) < 4.78 is 0. The van der Waals surface area contributed by atoms with Crippen molar-refractivity contribution in [1.82, 2.24) is 4.98 Å². The molecule has 3 heteroatoms. The lowest BCUT2D eigenvalue weighted by atomic mass is 9.86. The summed E-state index contributed by atoms with van der Waals surface area (Å²) in [6, 6.07) is 3.71. The lowest BCUT2D eigenvalue weighted by Crippen LogP contribution is -2.19. The van der Waals surface area contributed by atoms with Crippen LogP contribution >= 0.6 is 0 Å². The molecule has 0 unspecified atom stereocenters. The first-order chi connectivity index (χ1) is 6.95. The average Bonchev–Trinajstić information content (AvgIpc) is 2.16. The molecule has 0 fully saturated rings. The molecule has 1 rings (SSSR count). The lowest BCUT2D eigenvalue weighted by Gasteiger charge is -2.25. The lowest BCUT2D eigenvalue weighted by molar-refractivity contribution is 0.0588. The Morgan fingerprint density at radius 3 is 2.60 bits per heavy atom. The number of pyridine rings is 1. The van der Waals surface area contributed by atoms with Crippen molar-refractivity contribution in [3.8, 4) is 0 Å². The molecule has 0 amide bonds. The fourth-order valence-corrected chi connectivity index (χ4v) is 1.37. The maximum absolute atomic E-state index is 10.0. The van der Waals surface area contributed by atoms with Crippen LogP contribution in [0.1, 0.15) is 38.1 Å². The molecule has 0 saturated heterocycles. The summed E-state index contributed by atoms with van der Waals surface area (Å²) in [6.45, 7) is 6.03. The molecule has 2 N–H and O–H groups in total. The van der Waals surface area contributed by atoms with E-state index < -0.39 is 6.10 Å². The van der Waals surface area contributed by atoms with E-state index in [4.69, 9.17) is 5.11 Å². The predicted octanol–water partition coefficient (Wildman–Crippen LogP) is 1.70. The van der Waals surface area contributed by atoms with Gasteiger partial charge in [-0.05, 0) is 29.5 Å². The molecule has 0 aliphatic carbocycles. The first-order valence-corrected chi connectivity index (χ1v) is 5.19. The standard InChI is InChI=1S/C12H19NO2/c1-12(2,3)11(15)10-8-9(5-7-14)4-6-13-10/h4,6,8,11,14-15H,5,7H2,1-3H3/t11-/m1/s1. The summed E-state index contributed by atoms with van der Waals surface area (Å²) in [5.74, 6) is 0. The van der Waals surface area contributed by atoms with E-state index in [1.165, 1.54) is 0 Å². The van der Waals surface area contributed by atoms with E-state index in [-0.39, 0.29) is 12.0 Å². The van der Waals surface area contributed by atoms with E-state index in [2.05, 4.69) is 4.98 Å². The van der Waals surface area contributed by atoms with Crippen LogP contribution in [0.3, 0.4) is 0 Å². The van der Waals surface area contributed by atoms with Gasteiger partial charge in [0, 0.05) is 12.8 Å². The zero-order valence-corrected chi connectivity index (χ0v) is 9.57. The summed E-state index contributed by atoms with van der Waals surface area (Å²) in [4.78, 5) is 4.16. The molecule has 0 spiro atoms. The third-order valence-corrected chi connectivity index (χ3v) is 2.35. The minimum atomic E-state index is -0.573. The number of aliphatic hydroxyl groups excluding tert-OH is 2. The van der Waals surface area contributed by atoms with Gasteiger partial charge >= 0.3 is 0 Å². The molecule has 0 bridgehead atoms. The molecular formula is C12H19NO2. The summed E-state index contributed by atoms with van der Waals surface area (Å²) in [7, 11) is 0. The Kier molecular flexibility index (Phi) is 3.83. The van der Waals surface area contributed by atoms with Crippen molar-refractivity contribution in [2.45, 2.75) is 33.3 Å². The van der Waals surface area contributed by atoms with Gasteiger partial charge in [-0.2, -0.15) is 0 Å². The van der Waals surface area contributed by atoms with Crippen molar-refractivity contribution in [3.05, 3.63) is 29.6 Å². The summed E-state index contributed by atoms with van der Waals surface area (Å²) in [6.07, 6.45) is 1.71.